The van der Waals surface area contributed by atoms with E-state index in [0.29, 0.717) is 6.54 Å². The Morgan fingerprint density at radius 1 is 1.18 bits per heavy atom. The predicted octanol–water partition coefficient (Wildman–Crippen LogP) is 2.42. The smallest absolute Gasteiger partial charge is 0.0353 e. The van der Waals surface area contributed by atoms with Gasteiger partial charge in [-0.15, -0.1) is 0 Å². The minimum Gasteiger partial charge on any atom is -0.253 e. The first-order chi connectivity index (χ1) is 5.38. The van der Waals surface area contributed by atoms with Crippen molar-refractivity contribution in [2.45, 2.75) is 26.3 Å². The molecular weight excluding hydrogens is 134 g/mol. The van der Waals surface area contributed by atoms with Crippen molar-refractivity contribution in [2.24, 2.45) is 0 Å². The highest BCUT2D eigenvalue weighted by molar-refractivity contribution is 5.26. The van der Waals surface area contributed by atoms with Gasteiger partial charge < -0.3 is 0 Å². The van der Waals surface area contributed by atoms with Crippen molar-refractivity contribution in [3.05, 3.63) is 35.4 Å². The zero-order valence-electron chi connectivity index (χ0n) is 6.93. The maximum atomic E-state index is 7.26. The standard InChI is InChI=1S/C10H14N/c1-2-5-9-6-3-4-7-10(9)8-11/h3-4,6-7,11H,2,5,8H2,1H3. The molecule has 0 aromatic heterocycles. The zero-order chi connectivity index (χ0) is 8.10. The second kappa shape index (κ2) is 4.14. The van der Waals surface area contributed by atoms with Crippen molar-refractivity contribution in [2.75, 3.05) is 0 Å². The molecule has 1 radical (unpaired) electrons. The lowest BCUT2D eigenvalue weighted by molar-refractivity contribution is 0.887. The van der Waals surface area contributed by atoms with Crippen LogP contribution in [0.5, 0.6) is 0 Å². The highest BCUT2D eigenvalue weighted by Gasteiger charge is 1.96. The third-order valence-corrected chi connectivity index (χ3v) is 1.83. The quantitative estimate of drug-likeness (QED) is 0.628. The Hall–Kier alpha value is -0.820. The molecule has 1 nitrogen and oxygen atoms in total. The van der Waals surface area contributed by atoms with Crippen LogP contribution in [0, 0.1) is 0 Å². The van der Waals surface area contributed by atoms with Crippen molar-refractivity contribution in [1.29, 1.82) is 0 Å². The van der Waals surface area contributed by atoms with Gasteiger partial charge in [0.15, 0.2) is 0 Å². The van der Waals surface area contributed by atoms with E-state index >= 15 is 0 Å². The fourth-order valence-corrected chi connectivity index (χ4v) is 1.24. The lowest BCUT2D eigenvalue weighted by atomic mass is 10.0. The monoisotopic (exact) mass is 148 g/mol. The van der Waals surface area contributed by atoms with Crippen LogP contribution >= 0.6 is 0 Å². The maximum absolute atomic E-state index is 7.26. The van der Waals surface area contributed by atoms with Crippen molar-refractivity contribution < 1.29 is 0 Å². The minimum absolute atomic E-state index is 0.413. The summed E-state index contributed by atoms with van der Waals surface area (Å²) in [4.78, 5) is 0. The van der Waals surface area contributed by atoms with Gasteiger partial charge in [-0.1, -0.05) is 37.6 Å². The number of hydrogen-bond donors (Lipinski definition) is 0. The molecular formula is C10H14N. The second-order valence-corrected chi connectivity index (χ2v) is 2.70. The number of rotatable bonds is 3. The topological polar surface area (TPSA) is 23.8 Å². The van der Waals surface area contributed by atoms with Crippen LogP contribution < -0.4 is 5.73 Å². The van der Waals surface area contributed by atoms with Gasteiger partial charge in [0.25, 0.3) is 0 Å². The van der Waals surface area contributed by atoms with E-state index in [1.807, 2.05) is 18.2 Å². The molecule has 1 N–H and O–H groups in total. The molecule has 1 rings (SSSR count). The van der Waals surface area contributed by atoms with E-state index in [9.17, 15) is 0 Å². The van der Waals surface area contributed by atoms with Gasteiger partial charge in [0, 0.05) is 6.54 Å². The van der Waals surface area contributed by atoms with Gasteiger partial charge in [-0.05, 0) is 17.5 Å². The van der Waals surface area contributed by atoms with Crippen molar-refractivity contribution in [3.8, 4) is 0 Å². The molecule has 0 heterocycles. The summed E-state index contributed by atoms with van der Waals surface area (Å²) in [5, 5.41) is 0. The van der Waals surface area contributed by atoms with Crippen LogP contribution in [-0.4, -0.2) is 0 Å². The molecule has 0 unspecified atom stereocenters. The zero-order valence-corrected chi connectivity index (χ0v) is 6.93. The number of aryl methyl sites for hydroxylation is 1. The fraction of sp³-hybridized carbons (Fsp3) is 0.400. The summed E-state index contributed by atoms with van der Waals surface area (Å²) < 4.78 is 0. The Kier molecular flexibility index (Phi) is 3.12. The van der Waals surface area contributed by atoms with E-state index in [4.69, 9.17) is 5.73 Å². The molecule has 0 aliphatic carbocycles. The van der Waals surface area contributed by atoms with Crippen LogP contribution in [0.3, 0.4) is 0 Å². The molecule has 0 aliphatic heterocycles. The number of nitrogens with one attached hydrogen (secondary N) is 1. The molecule has 0 saturated carbocycles. The van der Waals surface area contributed by atoms with Gasteiger partial charge in [-0.2, -0.15) is 0 Å². The Balaban J connectivity index is 2.83. The fourth-order valence-electron chi connectivity index (χ4n) is 1.24. The largest absolute Gasteiger partial charge is 0.253 e. The van der Waals surface area contributed by atoms with Gasteiger partial charge in [-0.25, -0.2) is 0 Å². The van der Waals surface area contributed by atoms with E-state index in [-0.39, 0.29) is 0 Å². The normalized spacial score (nSPS) is 10.0. The second-order valence-electron chi connectivity index (χ2n) is 2.70. The molecule has 1 aromatic rings. The lowest BCUT2D eigenvalue weighted by Crippen LogP contribution is -1.93. The third-order valence-electron chi connectivity index (χ3n) is 1.83. The summed E-state index contributed by atoms with van der Waals surface area (Å²) in [7, 11) is 0. The van der Waals surface area contributed by atoms with Crippen LogP contribution in [-0.2, 0) is 13.0 Å². The molecule has 0 spiro atoms. The lowest BCUT2D eigenvalue weighted by Gasteiger charge is -2.04. The van der Waals surface area contributed by atoms with Gasteiger partial charge >= 0.3 is 0 Å². The first-order valence-corrected chi connectivity index (χ1v) is 4.10. The van der Waals surface area contributed by atoms with Crippen LogP contribution in [0.15, 0.2) is 24.3 Å². The van der Waals surface area contributed by atoms with Gasteiger partial charge in [-0.3, -0.25) is 5.73 Å². The molecule has 0 aliphatic rings. The first-order valence-electron chi connectivity index (χ1n) is 4.10. The van der Waals surface area contributed by atoms with E-state index < -0.39 is 0 Å². The Bertz CT molecular complexity index is 218. The Labute approximate surface area is 68.2 Å². The molecule has 1 heteroatoms. The highest BCUT2D eigenvalue weighted by atomic mass is 14.5. The molecule has 11 heavy (non-hydrogen) atoms. The van der Waals surface area contributed by atoms with Crippen molar-refractivity contribution >= 4 is 0 Å². The van der Waals surface area contributed by atoms with Crippen LogP contribution in [0.2, 0.25) is 0 Å². The molecule has 0 bridgehead atoms. The minimum atomic E-state index is 0.413. The average Bonchev–Trinajstić information content (AvgIpc) is 2.06. The van der Waals surface area contributed by atoms with E-state index in [2.05, 4.69) is 13.0 Å². The highest BCUT2D eigenvalue weighted by Crippen LogP contribution is 2.09. The molecule has 0 saturated heterocycles. The number of hydrogen-bond acceptors (Lipinski definition) is 0. The Morgan fingerprint density at radius 3 is 2.36 bits per heavy atom. The molecule has 0 fully saturated rings. The van der Waals surface area contributed by atoms with E-state index in [1.54, 1.807) is 0 Å². The van der Waals surface area contributed by atoms with Gasteiger partial charge in [0.1, 0.15) is 0 Å². The van der Waals surface area contributed by atoms with Gasteiger partial charge in [0.2, 0.25) is 0 Å². The average molecular weight is 148 g/mol. The summed E-state index contributed by atoms with van der Waals surface area (Å²) in [5.41, 5.74) is 9.78. The maximum Gasteiger partial charge on any atom is 0.0353 e. The first kappa shape index (κ1) is 8.28. The van der Waals surface area contributed by atoms with E-state index in [0.717, 1.165) is 12.8 Å². The van der Waals surface area contributed by atoms with Gasteiger partial charge in [0.05, 0.1) is 0 Å². The molecule has 1 aromatic carbocycles. The number of benzene rings is 1. The Morgan fingerprint density at radius 2 is 1.82 bits per heavy atom. The summed E-state index contributed by atoms with van der Waals surface area (Å²) >= 11 is 0. The molecule has 0 atom stereocenters. The summed E-state index contributed by atoms with van der Waals surface area (Å²) in [5.74, 6) is 0. The van der Waals surface area contributed by atoms with E-state index in [1.165, 1.54) is 11.1 Å². The van der Waals surface area contributed by atoms with Crippen molar-refractivity contribution in [1.82, 2.24) is 5.73 Å². The predicted molar refractivity (Wildman–Crippen MR) is 47.2 cm³/mol. The van der Waals surface area contributed by atoms with Crippen LogP contribution in [0.4, 0.5) is 0 Å². The summed E-state index contributed by atoms with van der Waals surface area (Å²) in [6.07, 6.45) is 2.27. The third kappa shape index (κ3) is 2.05. The summed E-state index contributed by atoms with van der Waals surface area (Å²) in [6.45, 7) is 2.58. The molecule has 59 valence electrons. The van der Waals surface area contributed by atoms with Crippen molar-refractivity contribution in [3.63, 3.8) is 0 Å². The SMILES string of the molecule is CCCc1ccccc1C[NH]. The van der Waals surface area contributed by atoms with Crippen LogP contribution in [0.25, 0.3) is 0 Å². The molecule has 0 amide bonds. The summed E-state index contributed by atoms with van der Waals surface area (Å²) in [6, 6.07) is 8.21. The van der Waals surface area contributed by atoms with Crippen LogP contribution in [0.1, 0.15) is 24.5 Å².